The number of amides is 1. The molecular weight excluding hydrogens is 269 g/mol. The second-order valence-corrected chi connectivity index (χ2v) is 4.69. The molecule has 0 aliphatic rings. The van der Waals surface area contributed by atoms with E-state index < -0.39 is 0 Å². The molecule has 21 heavy (non-hydrogen) atoms. The number of hydrogen-bond acceptors (Lipinski definition) is 3. The summed E-state index contributed by atoms with van der Waals surface area (Å²) in [7, 11) is 1.64. The Balaban J connectivity index is 2.12. The first-order chi connectivity index (χ1) is 10.1. The number of anilines is 1. The summed E-state index contributed by atoms with van der Waals surface area (Å²) in [5.41, 5.74) is 0.823. The third-order valence-corrected chi connectivity index (χ3v) is 3.04. The van der Waals surface area contributed by atoms with Crippen molar-refractivity contribution in [3.05, 3.63) is 59.5 Å². The van der Waals surface area contributed by atoms with Gasteiger partial charge in [-0.1, -0.05) is 24.3 Å². The van der Waals surface area contributed by atoms with Crippen molar-refractivity contribution in [1.82, 2.24) is 9.88 Å². The zero-order valence-corrected chi connectivity index (χ0v) is 12.1. The maximum atomic E-state index is 13.6. The van der Waals surface area contributed by atoms with E-state index >= 15 is 0 Å². The van der Waals surface area contributed by atoms with E-state index in [0.29, 0.717) is 17.1 Å². The number of nitrogens with zero attached hydrogens (tertiary/aromatic N) is 2. The zero-order chi connectivity index (χ0) is 15.2. The molecule has 2 rings (SSSR count). The summed E-state index contributed by atoms with van der Waals surface area (Å²) in [5, 5.41) is 3.06. The number of hydrogen-bond donors (Lipinski definition) is 1. The van der Waals surface area contributed by atoms with Crippen LogP contribution in [-0.2, 0) is 6.54 Å². The van der Waals surface area contributed by atoms with Gasteiger partial charge in [0.15, 0.2) is 0 Å². The molecule has 1 amide bonds. The maximum absolute atomic E-state index is 13.6. The van der Waals surface area contributed by atoms with Crippen LogP contribution < -0.4 is 5.32 Å². The molecule has 1 aromatic heterocycles. The molecule has 110 valence electrons. The Bertz CT molecular complexity index is 630. The van der Waals surface area contributed by atoms with Crippen LogP contribution in [0.4, 0.5) is 10.2 Å². The third-order valence-electron chi connectivity index (χ3n) is 3.04. The lowest BCUT2D eigenvalue weighted by molar-refractivity contribution is 0.0778. The SMILES string of the molecule is CCNc1cccc(C(=O)N(C)Cc2ccccc2F)n1. The fourth-order valence-corrected chi connectivity index (χ4v) is 1.98. The van der Waals surface area contributed by atoms with Gasteiger partial charge in [-0.25, -0.2) is 9.37 Å². The highest BCUT2D eigenvalue weighted by Crippen LogP contribution is 2.12. The number of halogens is 1. The summed E-state index contributed by atoms with van der Waals surface area (Å²) >= 11 is 0. The van der Waals surface area contributed by atoms with Gasteiger partial charge in [0.05, 0.1) is 0 Å². The minimum absolute atomic E-state index is 0.207. The summed E-state index contributed by atoms with van der Waals surface area (Å²) in [6, 6.07) is 11.7. The van der Waals surface area contributed by atoms with Crippen LogP contribution in [0.5, 0.6) is 0 Å². The molecule has 0 fully saturated rings. The van der Waals surface area contributed by atoms with E-state index in [1.165, 1.54) is 11.0 Å². The summed E-state index contributed by atoms with van der Waals surface area (Å²) < 4.78 is 13.6. The second kappa shape index (κ2) is 6.83. The molecular formula is C16H18FN3O. The van der Waals surface area contributed by atoms with Gasteiger partial charge in [0.25, 0.3) is 5.91 Å². The highest BCUT2D eigenvalue weighted by molar-refractivity contribution is 5.92. The van der Waals surface area contributed by atoms with E-state index in [-0.39, 0.29) is 18.3 Å². The first-order valence-electron chi connectivity index (χ1n) is 6.81. The van der Waals surface area contributed by atoms with Gasteiger partial charge in [0.2, 0.25) is 0 Å². The molecule has 0 aliphatic carbocycles. The molecule has 0 saturated heterocycles. The van der Waals surface area contributed by atoms with Crippen LogP contribution in [-0.4, -0.2) is 29.4 Å². The van der Waals surface area contributed by atoms with Gasteiger partial charge in [0, 0.05) is 25.7 Å². The Morgan fingerprint density at radius 3 is 2.71 bits per heavy atom. The number of carbonyl (C=O) groups excluding carboxylic acids is 1. The number of carbonyl (C=O) groups is 1. The Kier molecular flexibility index (Phi) is 4.87. The van der Waals surface area contributed by atoms with Crippen LogP contribution >= 0.6 is 0 Å². The molecule has 0 spiro atoms. The minimum atomic E-state index is -0.313. The molecule has 2 aromatic rings. The monoisotopic (exact) mass is 287 g/mol. The molecule has 1 N–H and O–H groups in total. The molecule has 1 aromatic carbocycles. The van der Waals surface area contributed by atoms with Crippen LogP contribution in [0.3, 0.4) is 0 Å². The largest absolute Gasteiger partial charge is 0.370 e. The molecule has 0 aliphatic heterocycles. The quantitative estimate of drug-likeness (QED) is 0.919. The fourth-order valence-electron chi connectivity index (χ4n) is 1.98. The van der Waals surface area contributed by atoms with Crippen molar-refractivity contribution in [3.63, 3.8) is 0 Å². The number of benzene rings is 1. The molecule has 4 nitrogen and oxygen atoms in total. The van der Waals surface area contributed by atoms with Gasteiger partial charge in [0.1, 0.15) is 17.3 Å². The second-order valence-electron chi connectivity index (χ2n) is 4.69. The summed E-state index contributed by atoms with van der Waals surface area (Å²) in [6.45, 7) is 2.90. The predicted octanol–water partition coefficient (Wildman–Crippen LogP) is 2.92. The van der Waals surface area contributed by atoms with E-state index in [9.17, 15) is 9.18 Å². The molecule has 0 radical (unpaired) electrons. The van der Waals surface area contributed by atoms with Crippen molar-refractivity contribution in [2.45, 2.75) is 13.5 Å². The minimum Gasteiger partial charge on any atom is -0.370 e. The molecule has 1 heterocycles. The summed E-state index contributed by atoms with van der Waals surface area (Å²) in [5.74, 6) is 0.104. The lowest BCUT2D eigenvalue weighted by Crippen LogP contribution is -2.27. The van der Waals surface area contributed by atoms with Crippen molar-refractivity contribution in [1.29, 1.82) is 0 Å². The zero-order valence-electron chi connectivity index (χ0n) is 12.1. The van der Waals surface area contributed by atoms with Crippen LogP contribution in [0.15, 0.2) is 42.5 Å². The number of rotatable bonds is 5. The standard InChI is InChI=1S/C16H18FN3O/c1-3-18-15-10-6-9-14(19-15)16(21)20(2)11-12-7-4-5-8-13(12)17/h4-10H,3,11H2,1-2H3,(H,18,19). The molecule has 0 saturated carbocycles. The summed E-state index contributed by atoms with van der Waals surface area (Å²) in [4.78, 5) is 18.0. The van der Waals surface area contributed by atoms with Crippen LogP contribution in [0.25, 0.3) is 0 Å². The van der Waals surface area contributed by atoms with Gasteiger partial charge in [-0.3, -0.25) is 4.79 Å². The smallest absolute Gasteiger partial charge is 0.272 e. The van der Waals surface area contributed by atoms with Crippen LogP contribution in [0.1, 0.15) is 23.0 Å². The lowest BCUT2D eigenvalue weighted by Gasteiger charge is -2.17. The normalized spacial score (nSPS) is 10.2. The van der Waals surface area contributed by atoms with Crippen molar-refractivity contribution < 1.29 is 9.18 Å². The highest BCUT2D eigenvalue weighted by atomic mass is 19.1. The number of aromatic nitrogens is 1. The number of pyridine rings is 1. The van der Waals surface area contributed by atoms with Gasteiger partial charge < -0.3 is 10.2 Å². The van der Waals surface area contributed by atoms with E-state index in [1.807, 2.05) is 6.92 Å². The summed E-state index contributed by atoms with van der Waals surface area (Å²) in [6.07, 6.45) is 0. The Hall–Kier alpha value is -2.43. The average Bonchev–Trinajstić information content (AvgIpc) is 2.49. The van der Waals surface area contributed by atoms with Crippen molar-refractivity contribution in [2.75, 3.05) is 18.9 Å². The van der Waals surface area contributed by atoms with E-state index in [2.05, 4.69) is 10.3 Å². The highest BCUT2D eigenvalue weighted by Gasteiger charge is 2.15. The lowest BCUT2D eigenvalue weighted by atomic mass is 10.2. The first kappa shape index (κ1) is 15.0. The van der Waals surface area contributed by atoms with Gasteiger partial charge in [-0.2, -0.15) is 0 Å². The Morgan fingerprint density at radius 2 is 2.00 bits per heavy atom. The molecule has 0 unspecified atom stereocenters. The van der Waals surface area contributed by atoms with Crippen molar-refractivity contribution in [3.8, 4) is 0 Å². The average molecular weight is 287 g/mol. The van der Waals surface area contributed by atoms with E-state index in [0.717, 1.165) is 6.54 Å². The first-order valence-corrected chi connectivity index (χ1v) is 6.81. The predicted molar refractivity (Wildman–Crippen MR) is 80.6 cm³/mol. The van der Waals surface area contributed by atoms with Gasteiger partial charge in [-0.05, 0) is 25.1 Å². The molecule has 5 heteroatoms. The van der Waals surface area contributed by atoms with E-state index in [4.69, 9.17) is 0 Å². The van der Waals surface area contributed by atoms with Crippen molar-refractivity contribution in [2.24, 2.45) is 0 Å². The topological polar surface area (TPSA) is 45.2 Å². The Morgan fingerprint density at radius 1 is 1.24 bits per heavy atom. The van der Waals surface area contributed by atoms with Crippen LogP contribution in [0, 0.1) is 5.82 Å². The third kappa shape index (κ3) is 3.78. The van der Waals surface area contributed by atoms with Crippen molar-refractivity contribution >= 4 is 11.7 Å². The maximum Gasteiger partial charge on any atom is 0.272 e. The molecule has 0 bridgehead atoms. The Labute approximate surface area is 123 Å². The van der Waals surface area contributed by atoms with Gasteiger partial charge >= 0.3 is 0 Å². The molecule has 0 atom stereocenters. The number of nitrogens with one attached hydrogen (secondary N) is 1. The van der Waals surface area contributed by atoms with Crippen LogP contribution in [0.2, 0.25) is 0 Å². The van der Waals surface area contributed by atoms with Gasteiger partial charge in [-0.15, -0.1) is 0 Å². The fraction of sp³-hybridized carbons (Fsp3) is 0.250. The van der Waals surface area contributed by atoms with E-state index in [1.54, 1.807) is 43.4 Å².